The number of nitrogens with one attached hydrogen (secondary N) is 1. The molecule has 0 atom stereocenters. The van der Waals surface area contributed by atoms with Crippen molar-refractivity contribution < 1.29 is 14.1 Å². The maximum absolute atomic E-state index is 11.7. The maximum Gasteiger partial charge on any atom is 0.328 e. The zero-order valence-electron chi connectivity index (χ0n) is 12.4. The fraction of sp³-hybridized carbons (Fsp3) is 0.200. The first kappa shape index (κ1) is 15.9. The van der Waals surface area contributed by atoms with E-state index in [4.69, 9.17) is 9.26 Å². The van der Waals surface area contributed by atoms with Gasteiger partial charge in [0.05, 0.1) is 11.3 Å². The van der Waals surface area contributed by atoms with Crippen LogP contribution in [-0.4, -0.2) is 20.7 Å². The summed E-state index contributed by atoms with van der Waals surface area (Å²) in [5.41, 5.74) is -0.535. The number of esters is 1. The van der Waals surface area contributed by atoms with Crippen molar-refractivity contribution in [2.24, 2.45) is 0 Å². The molecule has 9 heteroatoms. The van der Waals surface area contributed by atoms with E-state index in [0.717, 1.165) is 4.88 Å². The Bertz CT molecular complexity index is 938. The van der Waals surface area contributed by atoms with E-state index in [9.17, 15) is 14.4 Å². The van der Waals surface area contributed by atoms with E-state index in [2.05, 4.69) is 10.1 Å². The molecule has 0 saturated carbocycles. The average Bonchev–Trinajstić information content (AvgIpc) is 3.23. The van der Waals surface area contributed by atoms with E-state index in [1.807, 2.05) is 17.5 Å². The van der Waals surface area contributed by atoms with Crippen molar-refractivity contribution >= 4 is 17.3 Å². The van der Waals surface area contributed by atoms with Crippen LogP contribution < -0.4 is 11.2 Å². The van der Waals surface area contributed by atoms with Crippen molar-refractivity contribution in [3.8, 4) is 10.6 Å². The van der Waals surface area contributed by atoms with Crippen LogP contribution in [-0.2, 0) is 22.7 Å². The first-order valence-electron chi connectivity index (χ1n) is 7.07. The highest BCUT2D eigenvalue weighted by Crippen LogP contribution is 2.25. The third-order valence-corrected chi connectivity index (χ3v) is 4.04. The Morgan fingerprint density at radius 1 is 1.38 bits per heavy atom. The molecule has 24 heavy (non-hydrogen) atoms. The summed E-state index contributed by atoms with van der Waals surface area (Å²) in [4.78, 5) is 37.2. The van der Waals surface area contributed by atoms with Gasteiger partial charge in [-0.2, -0.15) is 0 Å². The highest BCUT2D eigenvalue weighted by atomic mass is 32.1. The molecular weight excluding hydrogens is 334 g/mol. The van der Waals surface area contributed by atoms with Crippen molar-refractivity contribution in [2.45, 2.75) is 19.6 Å². The molecule has 3 aromatic heterocycles. The number of H-pyrrole nitrogens is 1. The molecular formula is C15H13N3O5S. The van der Waals surface area contributed by atoms with Gasteiger partial charge in [-0.15, -0.1) is 11.3 Å². The fourth-order valence-electron chi connectivity index (χ4n) is 1.97. The topological polar surface area (TPSA) is 107 Å². The molecule has 124 valence electrons. The lowest BCUT2D eigenvalue weighted by molar-refractivity contribution is -0.145. The zero-order chi connectivity index (χ0) is 16.9. The smallest absolute Gasteiger partial charge is 0.328 e. The fourth-order valence-corrected chi connectivity index (χ4v) is 2.65. The van der Waals surface area contributed by atoms with Crippen molar-refractivity contribution in [3.05, 3.63) is 62.4 Å². The summed E-state index contributed by atoms with van der Waals surface area (Å²) >= 11 is 1.52. The van der Waals surface area contributed by atoms with Gasteiger partial charge in [0.25, 0.3) is 5.56 Å². The van der Waals surface area contributed by atoms with Crippen molar-refractivity contribution in [3.63, 3.8) is 0 Å². The summed E-state index contributed by atoms with van der Waals surface area (Å²) in [7, 11) is 0. The second kappa shape index (κ2) is 7.09. The maximum atomic E-state index is 11.7. The molecule has 0 fully saturated rings. The standard InChI is InChI=1S/C15H13N3O5S/c19-13-3-5-18(15(21)16-13)6-4-14(20)22-9-10-8-11(23-17-10)12-2-1-7-24-12/h1-3,5,7-8H,4,6,9H2,(H,16,19,21). The summed E-state index contributed by atoms with van der Waals surface area (Å²) in [6.07, 6.45) is 1.33. The van der Waals surface area contributed by atoms with Crippen molar-refractivity contribution in [1.29, 1.82) is 0 Å². The monoisotopic (exact) mass is 347 g/mol. The van der Waals surface area contributed by atoms with Gasteiger partial charge in [-0.3, -0.25) is 14.6 Å². The molecule has 0 aliphatic rings. The SMILES string of the molecule is O=C(CCn1ccc(=O)[nH]c1=O)OCc1cc(-c2cccs2)on1. The van der Waals surface area contributed by atoms with Crippen molar-refractivity contribution in [2.75, 3.05) is 0 Å². The normalized spacial score (nSPS) is 10.7. The van der Waals surface area contributed by atoms with Gasteiger partial charge in [-0.1, -0.05) is 11.2 Å². The van der Waals surface area contributed by atoms with Gasteiger partial charge in [0.2, 0.25) is 0 Å². The molecule has 0 aliphatic carbocycles. The largest absolute Gasteiger partial charge is 0.459 e. The number of aryl methyl sites for hydroxylation is 1. The van der Waals surface area contributed by atoms with E-state index < -0.39 is 17.2 Å². The van der Waals surface area contributed by atoms with E-state index in [-0.39, 0.29) is 19.6 Å². The highest BCUT2D eigenvalue weighted by molar-refractivity contribution is 7.13. The zero-order valence-corrected chi connectivity index (χ0v) is 13.2. The van der Waals surface area contributed by atoms with Crippen LogP contribution in [0.2, 0.25) is 0 Å². The molecule has 1 N–H and O–H groups in total. The minimum Gasteiger partial charge on any atom is -0.459 e. The van der Waals surface area contributed by atoms with Crippen LogP contribution >= 0.6 is 11.3 Å². The molecule has 3 heterocycles. The molecule has 0 bridgehead atoms. The third-order valence-electron chi connectivity index (χ3n) is 3.16. The summed E-state index contributed by atoms with van der Waals surface area (Å²) < 4.78 is 11.5. The summed E-state index contributed by atoms with van der Waals surface area (Å²) in [6, 6.07) is 6.74. The number of hydrogen-bond acceptors (Lipinski definition) is 7. The van der Waals surface area contributed by atoms with E-state index in [0.29, 0.717) is 11.5 Å². The predicted molar refractivity (Wildman–Crippen MR) is 85.6 cm³/mol. The predicted octanol–water partition coefficient (Wildman–Crippen LogP) is 1.39. The molecule has 0 saturated heterocycles. The van der Waals surface area contributed by atoms with E-state index >= 15 is 0 Å². The minimum absolute atomic E-state index is 0.00157. The molecule has 3 rings (SSSR count). The van der Waals surface area contributed by atoms with Crippen molar-refractivity contribution in [1.82, 2.24) is 14.7 Å². The lowest BCUT2D eigenvalue weighted by atomic mass is 10.3. The van der Waals surface area contributed by atoms with Gasteiger partial charge in [0.15, 0.2) is 5.76 Å². The van der Waals surface area contributed by atoms with Crippen LogP contribution in [0, 0.1) is 0 Å². The Morgan fingerprint density at radius 2 is 2.25 bits per heavy atom. The second-order valence-electron chi connectivity index (χ2n) is 4.87. The summed E-state index contributed by atoms with van der Waals surface area (Å²) in [6.45, 7) is 0.113. The lowest BCUT2D eigenvalue weighted by Gasteiger charge is -2.04. The van der Waals surface area contributed by atoms with Gasteiger partial charge < -0.3 is 13.8 Å². The summed E-state index contributed by atoms with van der Waals surface area (Å²) in [5, 5.41) is 5.77. The first-order valence-corrected chi connectivity index (χ1v) is 7.94. The molecule has 0 aliphatic heterocycles. The van der Waals surface area contributed by atoms with Crippen LogP contribution in [0.15, 0.2) is 50.0 Å². The molecule has 0 aromatic carbocycles. The minimum atomic E-state index is -0.563. The molecule has 0 unspecified atom stereocenters. The number of nitrogens with zero attached hydrogens (tertiary/aromatic N) is 2. The molecule has 8 nitrogen and oxygen atoms in total. The number of carbonyl (C=O) groups excluding carboxylic acids is 1. The second-order valence-corrected chi connectivity index (χ2v) is 5.82. The number of carbonyl (C=O) groups is 1. The Labute approximate surface area is 139 Å². The van der Waals surface area contributed by atoms with Gasteiger partial charge in [0, 0.05) is 24.9 Å². The van der Waals surface area contributed by atoms with Gasteiger partial charge in [0.1, 0.15) is 12.3 Å². The number of aromatic amines is 1. The van der Waals surface area contributed by atoms with Crippen LogP contribution in [0.4, 0.5) is 0 Å². The van der Waals surface area contributed by atoms with Gasteiger partial charge >= 0.3 is 11.7 Å². The molecule has 0 spiro atoms. The number of thiophene rings is 1. The van der Waals surface area contributed by atoms with E-state index in [1.54, 1.807) is 6.07 Å². The quantitative estimate of drug-likeness (QED) is 0.675. The first-order chi connectivity index (χ1) is 11.6. The molecule has 3 aromatic rings. The molecule has 0 amide bonds. The average molecular weight is 347 g/mol. The summed E-state index contributed by atoms with van der Waals surface area (Å²) in [5.74, 6) is 0.143. The van der Waals surface area contributed by atoms with Gasteiger partial charge in [-0.25, -0.2) is 4.79 Å². The number of hydrogen-bond donors (Lipinski definition) is 1. The Hall–Kier alpha value is -2.94. The Morgan fingerprint density at radius 3 is 3.00 bits per heavy atom. The third kappa shape index (κ3) is 3.87. The number of ether oxygens (including phenoxy) is 1. The van der Waals surface area contributed by atoms with Crippen LogP contribution in [0.5, 0.6) is 0 Å². The van der Waals surface area contributed by atoms with Crippen LogP contribution in [0.1, 0.15) is 12.1 Å². The number of rotatable bonds is 6. The number of aromatic nitrogens is 3. The Balaban J connectivity index is 1.51. The van der Waals surface area contributed by atoms with Crippen LogP contribution in [0.25, 0.3) is 10.6 Å². The molecule has 0 radical (unpaired) electrons. The highest BCUT2D eigenvalue weighted by Gasteiger charge is 2.10. The lowest BCUT2D eigenvalue weighted by Crippen LogP contribution is -2.29. The van der Waals surface area contributed by atoms with E-state index in [1.165, 1.54) is 28.2 Å². The van der Waals surface area contributed by atoms with Gasteiger partial charge in [-0.05, 0) is 11.4 Å². The van der Waals surface area contributed by atoms with Crippen LogP contribution in [0.3, 0.4) is 0 Å². The Kier molecular flexibility index (Phi) is 4.71.